The molecule has 0 bridgehead atoms. The highest BCUT2D eigenvalue weighted by Crippen LogP contribution is 2.30. The van der Waals surface area contributed by atoms with Crippen LogP contribution in [0.15, 0.2) is 65.7 Å². The molecule has 204 valence electrons. The summed E-state index contributed by atoms with van der Waals surface area (Å²) in [5, 5.41) is 32.2. The van der Waals surface area contributed by atoms with Crippen molar-refractivity contribution in [2.24, 2.45) is 4.99 Å². The summed E-state index contributed by atoms with van der Waals surface area (Å²) in [5.74, 6) is 0.693. The maximum absolute atomic E-state index is 12.2. The third kappa shape index (κ3) is 7.58. The maximum Gasteiger partial charge on any atom is 0.161 e. The minimum atomic E-state index is -0.110. The first kappa shape index (κ1) is 28.1. The van der Waals surface area contributed by atoms with Gasteiger partial charge in [0, 0.05) is 18.4 Å². The van der Waals surface area contributed by atoms with Gasteiger partial charge in [0.25, 0.3) is 0 Å². The number of carbonyl (C=O) groups excluding carboxylic acids is 1. The summed E-state index contributed by atoms with van der Waals surface area (Å²) in [7, 11) is 0. The lowest BCUT2D eigenvalue weighted by molar-refractivity contribution is -0.114. The molecule has 3 aromatic rings. The molecule has 0 unspecified atom stereocenters. The molecule has 0 amide bonds. The number of fused-ring (bicyclic) bond motifs is 1. The number of hydrogen-bond acceptors (Lipinski definition) is 6. The number of nitrogens with zero attached hydrogens (tertiary/aromatic N) is 1. The Labute approximate surface area is 229 Å². The molecule has 0 saturated carbocycles. The molecule has 4 rings (SSSR count). The molecule has 1 heterocycles. The van der Waals surface area contributed by atoms with Crippen LogP contribution in [0.5, 0.6) is 17.2 Å². The number of benzene rings is 3. The molecule has 0 fully saturated rings. The van der Waals surface area contributed by atoms with Crippen LogP contribution in [0.2, 0.25) is 0 Å². The predicted octanol–water partition coefficient (Wildman–Crippen LogP) is 4.93. The number of unbranched alkanes of at least 4 members (excludes halogenated alkanes) is 3. The summed E-state index contributed by atoms with van der Waals surface area (Å²) < 4.78 is 5.96. The number of aromatic hydroxyl groups is 2. The minimum absolute atomic E-state index is 0.0531. The molecule has 0 atom stereocenters. The van der Waals surface area contributed by atoms with Gasteiger partial charge < -0.3 is 20.1 Å². The molecule has 3 aromatic carbocycles. The van der Waals surface area contributed by atoms with Crippen molar-refractivity contribution in [2.45, 2.75) is 58.5 Å². The highest BCUT2D eigenvalue weighted by Gasteiger charge is 2.12. The highest BCUT2D eigenvalue weighted by atomic mass is 16.5. The Hall–Kier alpha value is -3.90. The molecule has 0 aromatic heterocycles. The van der Waals surface area contributed by atoms with Gasteiger partial charge in [0.2, 0.25) is 0 Å². The van der Waals surface area contributed by atoms with Crippen LogP contribution in [0.4, 0.5) is 0 Å². The average molecular weight is 528 g/mol. The summed E-state index contributed by atoms with van der Waals surface area (Å²) in [6.45, 7) is 2.96. The van der Waals surface area contributed by atoms with Crippen LogP contribution in [-0.2, 0) is 24.2 Å². The maximum atomic E-state index is 12.2. The zero-order chi connectivity index (χ0) is 27.6. The van der Waals surface area contributed by atoms with Gasteiger partial charge in [0.15, 0.2) is 17.3 Å². The minimum Gasteiger partial charge on any atom is -0.508 e. The molecule has 0 saturated heterocycles. The first-order chi connectivity index (χ1) is 19.0. The fraction of sp³-hybridized carbons (Fsp3) is 0.333. The number of aliphatic hydroxyl groups is 1. The van der Waals surface area contributed by atoms with Crippen molar-refractivity contribution in [3.63, 3.8) is 0 Å². The standard InChI is InChI=1S/C33H37NO5/c1-2-3-4-5-6-7-28(36)11-8-23-9-13-31(38)32(18-23)39-17-15-24-10-12-29(37)21-30(24)26-19-25-14-16-34-33(25)27(20-26)22-35/h6-7,9-10,12-14,18-21,35,37-38H,2-5,8,11,15-17,22H2,1H3. The first-order valence-corrected chi connectivity index (χ1v) is 13.7. The van der Waals surface area contributed by atoms with E-state index < -0.39 is 0 Å². The number of carbonyl (C=O) groups is 1. The Morgan fingerprint density at radius 3 is 2.72 bits per heavy atom. The van der Waals surface area contributed by atoms with Gasteiger partial charge in [-0.2, -0.15) is 0 Å². The number of allylic oxidation sites excluding steroid dienone is 2. The fourth-order valence-electron chi connectivity index (χ4n) is 4.81. The largest absolute Gasteiger partial charge is 0.508 e. The normalized spacial score (nSPS) is 12.3. The molecule has 0 aliphatic carbocycles. The lowest BCUT2D eigenvalue weighted by Gasteiger charge is -2.14. The molecular formula is C33H37NO5. The van der Waals surface area contributed by atoms with Gasteiger partial charge in [-0.3, -0.25) is 9.79 Å². The van der Waals surface area contributed by atoms with Crippen molar-refractivity contribution in [1.29, 1.82) is 0 Å². The van der Waals surface area contributed by atoms with E-state index in [1.54, 1.807) is 30.3 Å². The second-order valence-electron chi connectivity index (χ2n) is 9.88. The molecule has 0 spiro atoms. The molecule has 1 aliphatic heterocycles. The van der Waals surface area contributed by atoms with Crippen LogP contribution in [-0.4, -0.2) is 34.3 Å². The third-order valence-electron chi connectivity index (χ3n) is 6.95. The SMILES string of the molecule is CCCCCC=CC(=O)CCc1ccc(O)c(OCCc2ccc(O)cc2-c2cc(CO)c3c(c2)=CCN=3)c1. The van der Waals surface area contributed by atoms with Gasteiger partial charge in [0.05, 0.1) is 25.1 Å². The van der Waals surface area contributed by atoms with Crippen molar-refractivity contribution in [3.05, 3.63) is 87.9 Å². The van der Waals surface area contributed by atoms with Crippen molar-refractivity contribution in [3.8, 4) is 28.4 Å². The van der Waals surface area contributed by atoms with Crippen molar-refractivity contribution in [1.82, 2.24) is 0 Å². The number of rotatable bonds is 14. The Morgan fingerprint density at radius 2 is 1.90 bits per heavy atom. The summed E-state index contributed by atoms with van der Waals surface area (Å²) in [6.07, 6.45) is 11.6. The molecular weight excluding hydrogens is 490 g/mol. The van der Waals surface area contributed by atoms with E-state index in [9.17, 15) is 20.1 Å². The number of ether oxygens (including phenoxy) is 1. The fourth-order valence-corrected chi connectivity index (χ4v) is 4.81. The third-order valence-corrected chi connectivity index (χ3v) is 6.95. The number of aliphatic hydroxyl groups excluding tert-OH is 1. The van der Waals surface area contributed by atoms with E-state index in [0.29, 0.717) is 38.2 Å². The van der Waals surface area contributed by atoms with Crippen LogP contribution in [0.25, 0.3) is 17.2 Å². The topological polar surface area (TPSA) is 99.4 Å². The van der Waals surface area contributed by atoms with E-state index in [0.717, 1.165) is 51.2 Å². The van der Waals surface area contributed by atoms with Crippen molar-refractivity contribution >= 4 is 11.9 Å². The molecule has 39 heavy (non-hydrogen) atoms. The summed E-state index contributed by atoms with van der Waals surface area (Å²) >= 11 is 0. The van der Waals surface area contributed by atoms with Gasteiger partial charge in [-0.1, -0.05) is 44.1 Å². The summed E-state index contributed by atoms with van der Waals surface area (Å²) in [6, 6.07) is 14.4. The van der Waals surface area contributed by atoms with Gasteiger partial charge in [0.1, 0.15) is 5.75 Å². The van der Waals surface area contributed by atoms with E-state index in [4.69, 9.17) is 4.74 Å². The molecule has 6 nitrogen and oxygen atoms in total. The van der Waals surface area contributed by atoms with E-state index >= 15 is 0 Å². The Balaban J connectivity index is 1.41. The Kier molecular flexibility index (Phi) is 9.92. The molecule has 0 radical (unpaired) electrons. The van der Waals surface area contributed by atoms with E-state index in [1.807, 2.05) is 36.4 Å². The van der Waals surface area contributed by atoms with Crippen molar-refractivity contribution < 1.29 is 24.9 Å². The lowest BCUT2D eigenvalue weighted by Crippen LogP contribution is -2.26. The smallest absolute Gasteiger partial charge is 0.161 e. The van der Waals surface area contributed by atoms with Gasteiger partial charge >= 0.3 is 0 Å². The van der Waals surface area contributed by atoms with Gasteiger partial charge in [-0.15, -0.1) is 0 Å². The Bertz CT molecular complexity index is 1460. The van der Waals surface area contributed by atoms with E-state index in [2.05, 4.69) is 11.9 Å². The van der Waals surface area contributed by atoms with Crippen molar-refractivity contribution in [2.75, 3.05) is 13.2 Å². The number of hydrogen-bond donors (Lipinski definition) is 3. The zero-order valence-corrected chi connectivity index (χ0v) is 22.5. The van der Waals surface area contributed by atoms with Crippen LogP contribution in [0.3, 0.4) is 0 Å². The van der Waals surface area contributed by atoms with Gasteiger partial charge in [-0.25, -0.2) is 0 Å². The van der Waals surface area contributed by atoms with Gasteiger partial charge in [-0.05, 0) is 89.2 Å². The number of phenolic OH excluding ortho intramolecular Hbond substituents is 2. The van der Waals surface area contributed by atoms with Crippen LogP contribution < -0.4 is 15.3 Å². The summed E-state index contributed by atoms with van der Waals surface area (Å²) in [4.78, 5) is 16.7. The number of aryl methyl sites for hydroxylation is 1. The zero-order valence-electron chi connectivity index (χ0n) is 22.5. The van der Waals surface area contributed by atoms with E-state index in [-0.39, 0.29) is 23.9 Å². The lowest BCUT2D eigenvalue weighted by atomic mass is 9.95. The highest BCUT2D eigenvalue weighted by molar-refractivity contribution is 5.89. The molecule has 1 aliphatic rings. The summed E-state index contributed by atoms with van der Waals surface area (Å²) in [5.41, 5.74) is 4.41. The number of phenols is 2. The van der Waals surface area contributed by atoms with Crippen LogP contribution in [0.1, 0.15) is 55.7 Å². The quantitative estimate of drug-likeness (QED) is 0.204. The predicted molar refractivity (Wildman–Crippen MR) is 153 cm³/mol. The second kappa shape index (κ2) is 13.8. The Morgan fingerprint density at radius 1 is 1.03 bits per heavy atom. The van der Waals surface area contributed by atoms with E-state index in [1.165, 1.54) is 12.8 Å². The molecule has 3 N–H and O–H groups in total. The number of ketones is 1. The molecule has 6 heteroatoms. The average Bonchev–Trinajstić information content (AvgIpc) is 3.42. The van der Waals surface area contributed by atoms with Crippen LogP contribution >= 0.6 is 0 Å². The first-order valence-electron chi connectivity index (χ1n) is 13.7. The van der Waals surface area contributed by atoms with Crippen LogP contribution in [0, 0.1) is 0 Å². The second-order valence-corrected chi connectivity index (χ2v) is 9.88. The monoisotopic (exact) mass is 527 g/mol.